The van der Waals surface area contributed by atoms with Gasteiger partial charge in [0.2, 0.25) is 0 Å². The molecule has 1 aliphatic rings. The molecule has 28 heavy (non-hydrogen) atoms. The Balaban J connectivity index is 1.31. The van der Waals surface area contributed by atoms with Gasteiger partial charge < -0.3 is 10.6 Å². The third-order valence-electron chi connectivity index (χ3n) is 5.04. The van der Waals surface area contributed by atoms with Gasteiger partial charge in [-0.05, 0) is 72.4 Å². The molecule has 0 aliphatic heterocycles. The number of benzene rings is 3. The van der Waals surface area contributed by atoms with Crippen molar-refractivity contribution in [3.63, 3.8) is 0 Å². The van der Waals surface area contributed by atoms with Gasteiger partial charge in [-0.25, -0.2) is 0 Å². The number of thiocarbonyl (C=S) groups is 1. The molecule has 0 fully saturated rings. The van der Waals surface area contributed by atoms with Crippen molar-refractivity contribution in [2.75, 3.05) is 5.32 Å². The van der Waals surface area contributed by atoms with Crippen LogP contribution in [0.15, 0.2) is 83.8 Å². The molecule has 1 unspecified atom stereocenters. The first-order chi connectivity index (χ1) is 13.8. The molecule has 2 N–H and O–H groups in total. The van der Waals surface area contributed by atoms with E-state index in [1.165, 1.54) is 28.0 Å². The molecule has 142 valence electrons. The van der Waals surface area contributed by atoms with Gasteiger partial charge in [-0.15, -0.1) is 11.8 Å². The van der Waals surface area contributed by atoms with Crippen LogP contribution in [0.25, 0.3) is 0 Å². The van der Waals surface area contributed by atoms with Crippen molar-refractivity contribution in [2.24, 2.45) is 0 Å². The summed E-state index contributed by atoms with van der Waals surface area (Å²) in [6, 6.07) is 28.0. The molecule has 0 aromatic heterocycles. The zero-order valence-corrected chi connectivity index (χ0v) is 17.4. The van der Waals surface area contributed by atoms with E-state index in [1.54, 1.807) is 0 Å². The summed E-state index contributed by atoms with van der Waals surface area (Å²) < 4.78 is 0. The first-order valence-electron chi connectivity index (χ1n) is 9.70. The van der Waals surface area contributed by atoms with Gasteiger partial charge in [-0.3, -0.25) is 0 Å². The second-order valence-corrected chi connectivity index (χ2v) is 8.50. The molecule has 4 rings (SSSR count). The third kappa shape index (κ3) is 4.94. The van der Waals surface area contributed by atoms with E-state index >= 15 is 0 Å². The van der Waals surface area contributed by atoms with Crippen LogP contribution in [0.5, 0.6) is 0 Å². The Bertz CT molecular complexity index is 923. The number of hydrogen-bond donors (Lipinski definition) is 2. The number of hydrogen-bond acceptors (Lipinski definition) is 2. The Morgan fingerprint density at radius 3 is 2.50 bits per heavy atom. The first kappa shape index (κ1) is 19.0. The highest BCUT2D eigenvalue weighted by Gasteiger charge is 2.20. The zero-order chi connectivity index (χ0) is 19.2. The van der Waals surface area contributed by atoms with E-state index in [0.29, 0.717) is 11.2 Å². The Kier molecular flexibility index (Phi) is 6.30. The second-order valence-electron chi connectivity index (χ2n) is 7.04. The standard InChI is InChI=1S/C24H24N2S2/c27-24(26-23-12-6-8-19-7-4-5-11-22(19)23)25-20-15-13-18(14-16-20)17-28-21-9-2-1-3-10-21/h1-5,7,9-11,13-16,23H,6,8,12,17H2,(H2,25,26,27). The number of thioether (sulfide) groups is 1. The van der Waals surface area contributed by atoms with E-state index < -0.39 is 0 Å². The lowest BCUT2D eigenvalue weighted by Gasteiger charge is -2.27. The maximum atomic E-state index is 5.57. The smallest absolute Gasteiger partial charge is 0.171 e. The van der Waals surface area contributed by atoms with Crippen LogP contribution in [0.1, 0.15) is 35.6 Å². The predicted molar refractivity (Wildman–Crippen MR) is 124 cm³/mol. The van der Waals surface area contributed by atoms with Gasteiger partial charge in [-0.2, -0.15) is 0 Å². The van der Waals surface area contributed by atoms with Crippen LogP contribution < -0.4 is 10.6 Å². The first-order valence-corrected chi connectivity index (χ1v) is 11.1. The van der Waals surface area contributed by atoms with E-state index in [2.05, 4.69) is 83.4 Å². The molecule has 1 atom stereocenters. The minimum absolute atomic E-state index is 0.298. The molecular weight excluding hydrogens is 380 g/mol. The molecule has 0 saturated heterocycles. The summed E-state index contributed by atoms with van der Waals surface area (Å²) in [5, 5.41) is 7.52. The number of fused-ring (bicyclic) bond motifs is 1. The third-order valence-corrected chi connectivity index (χ3v) is 6.34. The summed E-state index contributed by atoms with van der Waals surface area (Å²) in [7, 11) is 0. The molecule has 0 heterocycles. The summed E-state index contributed by atoms with van der Waals surface area (Å²) in [5.74, 6) is 0.964. The highest BCUT2D eigenvalue weighted by atomic mass is 32.2. The molecule has 4 heteroatoms. The van der Waals surface area contributed by atoms with Crippen LogP contribution >= 0.6 is 24.0 Å². The number of anilines is 1. The molecule has 0 bridgehead atoms. The molecule has 0 saturated carbocycles. The number of aryl methyl sites for hydroxylation is 1. The van der Waals surface area contributed by atoms with Crippen LogP contribution in [-0.2, 0) is 12.2 Å². The topological polar surface area (TPSA) is 24.1 Å². The van der Waals surface area contributed by atoms with Crippen molar-refractivity contribution in [3.8, 4) is 0 Å². The zero-order valence-electron chi connectivity index (χ0n) is 15.7. The summed E-state index contributed by atoms with van der Waals surface area (Å²) in [5.41, 5.74) is 5.15. The number of nitrogens with one attached hydrogen (secondary N) is 2. The molecular formula is C24H24N2S2. The molecule has 0 spiro atoms. The van der Waals surface area contributed by atoms with Crippen molar-refractivity contribution < 1.29 is 0 Å². The van der Waals surface area contributed by atoms with Crippen molar-refractivity contribution in [1.82, 2.24) is 5.32 Å². The molecule has 3 aromatic carbocycles. The normalized spacial score (nSPS) is 15.5. The SMILES string of the molecule is S=C(Nc1ccc(CSc2ccccc2)cc1)NC1CCCc2ccccc21. The van der Waals surface area contributed by atoms with E-state index in [1.807, 2.05) is 17.8 Å². The summed E-state index contributed by atoms with van der Waals surface area (Å²) in [6.07, 6.45) is 3.48. The van der Waals surface area contributed by atoms with Gasteiger partial charge >= 0.3 is 0 Å². The molecule has 3 aromatic rings. The van der Waals surface area contributed by atoms with Crippen LogP contribution in [0.4, 0.5) is 5.69 Å². The molecule has 1 aliphatic carbocycles. The molecule has 2 nitrogen and oxygen atoms in total. The quantitative estimate of drug-likeness (QED) is 0.382. The van der Waals surface area contributed by atoms with Gasteiger partial charge in [-0.1, -0.05) is 54.6 Å². The van der Waals surface area contributed by atoms with Gasteiger partial charge in [0, 0.05) is 16.3 Å². The largest absolute Gasteiger partial charge is 0.356 e. The molecule has 0 radical (unpaired) electrons. The number of rotatable bonds is 5. The fourth-order valence-corrected chi connectivity index (χ4v) is 4.73. The van der Waals surface area contributed by atoms with E-state index in [-0.39, 0.29) is 0 Å². The lowest BCUT2D eigenvalue weighted by Crippen LogP contribution is -2.34. The Labute approximate surface area is 176 Å². The van der Waals surface area contributed by atoms with Crippen LogP contribution in [0.2, 0.25) is 0 Å². The van der Waals surface area contributed by atoms with Gasteiger partial charge in [0.25, 0.3) is 0 Å². The lowest BCUT2D eigenvalue weighted by molar-refractivity contribution is 0.529. The second kappa shape index (κ2) is 9.26. The minimum atomic E-state index is 0.298. The predicted octanol–water partition coefficient (Wildman–Crippen LogP) is 6.34. The van der Waals surface area contributed by atoms with Crippen LogP contribution in [-0.4, -0.2) is 5.11 Å². The van der Waals surface area contributed by atoms with E-state index in [9.17, 15) is 0 Å². The lowest BCUT2D eigenvalue weighted by atomic mass is 9.88. The summed E-state index contributed by atoms with van der Waals surface area (Å²) in [4.78, 5) is 1.29. The van der Waals surface area contributed by atoms with Crippen LogP contribution in [0.3, 0.4) is 0 Å². The monoisotopic (exact) mass is 404 g/mol. The van der Waals surface area contributed by atoms with Gasteiger partial charge in [0.15, 0.2) is 5.11 Å². The highest BCUT2D eigenvalue weighted by molar-refractivity contribution is 7.98. The van der Waals surface area contributed by atoms with Crippen LogP contribution in [0, 0.1) is 0 Å². The maximum absolute atomic E-state index is 5.57. The van der Waals surface area contributed by atoms with Crippen molar-refractivity contribution in [1.29, 1.82) is 0 Å². The van der Waals surface area contributed by atoms with E-state index in [0.717, 1.165) is 24.3 Å². The Hall–Kier alpha value is -2.30. The molecule has 0 amide bonds. The van der Waals surface area contributed by atoms with Gasteiger partial charge in [0.05, 0.1) is 6.04 Å². The van der Waals surface area contributed by atoms with E-state index in [4.69, 9.17) is 12.2 Å². The fourth-order valence-electron chi connectivity index (χ4n) is 3.60. The van der Waals surface area contributed by atoms with Crippen molar-refractivity contribution in [3.05, 3.63) is 95.6 Å². The Morgan fingerprint density at radius 1 is 0.929 bits per heavy atom. The minimum Gasteiger partial charge on any atom is -0.356 e. The summed E-state index contributed by atoms with van der Waals surface area (Å²) >= 11 is 7.42. The maximum Gasteiger partial charge on any atom is 0.171 e. The average Bonchev–Trinajstić information content (AvgIpc) is 2.74. The highest BCUT2D eigenvalue weighted by Crippen LogP contribution is 2.29. The Morgan fingerprint density at radius 2 is 1.68 bits per heavy atom. The average molecular weight is 405 g/mol. The summed E-state index contributed by atoms with van der Waals surface area (Å²) in [6.45, 7) is 0. The van der Waals surface area contributed by atoms with Crippen molar-refractivity contribution >= 4 is 34.8 Å². The fraction of sp³-hybridized carbons (Fsp3) is 0.208. The van der Waals surface area contributed by atoms with Crippen molar-refractivity contribution in [2.45, 2.75) is 36.0 Å². The van der Waals surface area contributed by atoms with Gasteiger partial charge in [0.1, 0.15) is 0 Å².